The molecule has 3 rings (SSSR count). The van der Waals surface area contributed by atoms with Gasteiger partial charge < -0.3 is 4.57 Å². The molecule has 76 valence electrons. The first kappa shape index (κ1) is 8.65. The highest BCUT2D eigenvalue weighted by Gasteiger charge is 2.25. The van der Waals surface area contributed by atoms with Gasteiger partial charge in [0.25, 0.3) is 0 Å². The molecule has 15 heavy (non-hydrogen) atoms. The molecule has 0 radical (unpaired) electrons. The molecular weight excluding hydrogens is 191 g/mol. The SMILES string of the molecule is Fc1cccc(-c2nccn2C2CC2)c1. The van der Waals surface area contributed by atoms with Crippen LogP contribution in [0.5, 0.6) is 0 Å². The molecule has 1 fully saturated rings. The Morgan fingerprint density at radius 2 is 2.20 bits per heavy atom. The van der Waals surface area contributed by atoms with Gasteiger partial charge in [-0.25, -0.2) is 9.37 Å². The van der Waals surface area contributed by atoms with E-state index in [-0.39, 0.29) is 5.82 Å². The van der Waals surface area contributed by atoms with Crippen LogP contribution in [-0.4, -0.2) is 9.55 Å². The molecular formula is C12H11FN2. The van der Waals surface area contributed by atoms with Gasteiger partial charge in [0, 0.05) is 24.0 Å². The third-order valence-electron chi connectivity index (χ3n) is 2.69. The quantitative estimate of drug-likeness (QED) is 0.731. The van der Waals surface area contributed by atoms with E-state index in [2.05, 4.69) is 9.55 Å². The minimum Gasteiger partial charge on any atom is -0.328 e. The maximum atomic E-state index is 13.1. The van der Waals surface area contributed by atoms with Crippen LogP contribution in [-0.2, 0) is 0 Å². The van der Waals surface area contributed by atoms with Crippen LogP contribution in [0.1, 0.15) is 18.9 Å². The van der Waals surface area contributed by atoms with E-state index in [0.717, 1.165) is 11.4 Å². The minimum absolute atomic E-state index is 0.210. The fourth-order valence-corrected chi connectivity index (χ4v) is 1.81. The molecule has 2 nitrogen and oxygen atoms in total. The number of nitrogens with zero attached hydrogens (tertiary/aromatic N) is 2. The maximum Gasteiger partial charge on any atom is 0.140 e. The number of hydrogen-bond donors (Lipinski definition) is 0. The largest absolute Gasteiger partial charge is 0.328 e. The van der Waals surface area contributed by atoms with Gasteiger partial charge in [0.1, 0.15) is 11.6 Å². The molecule has 1 aliphatic rings. The molecule has 0 atom stereocenters. The summed E-state index contributed by atoms with van der Waals surface area (Å²) in [7, 11) is 0. The summed E-state index contributed by atoms with van der Waals surface area (Å²) in [5.41, 5.74) is 0.854. The van der Waals surface area contributed by atoms with E-state index < -0.39 is 0 Å². The van der Waals surface area contributed by atoms with Crippen molar-refractivity contribution in [1.29, 1.82) is 0 Å². The van der Waals surface area contributed by atoms with Crippen molar-refractivity contribution in [3.8, 4) is 11.4 Å². The third-order valence-corrected chi connectivity index (χ3v) is 2.69. The van der Waals surface area contributed by atoms with Crippen molar-refractivity contribution in [3.05, 3.63) is 42.5 Å². The van der Waals surface area contributed by atoms with E-state index in [9.17, 15) is 4.39 Å². The first-order chi connectivity index (χ1) is 7.34. The first-order valence-electron chi connectivity index (χ1n) is 5.13. The van der Waals surface area contributed by atoms with Crippen molar-refractivity contribution in [2.75, 3.05) is 0 Å². The number of imidazole rings is 1. The summed E-state index contributed by atoms with van der Waals surface area (Å²) >= 11 is 0. The van der Waals surface area contributed by atoms with Crippen LogP contribution in [0.15, 0.2) is 36.7 Å². The van der Waals surface area contributed by atoms with Crippen molar-refractivity contribution in [3.63, 3.8) is 0 Å². The number of halogens is 1. The second kappa shape index (κ2) is 3.19. The lowest BCUT2D eigenvalue weighted by atomic mass is 10.2. The Bertz CT molecular complexity index is 486. The molecule has 1 aliphatic carbocycles. The standard InChI is InChI=1S/C12H11FN2/c13-10-3-1-2-9(8-10)12-14-6-7-15(12)11-4-5-11/h1-3,6-8,11H,4-5H2. The fourth-order valence-electron chi connectivity index (χ4n) is 1.81. The average molecular weight is 202 g/mol. The second-order valence-electron chi connectivity index (χ2n) is 3.90. The third kappa shape index (κ3) is 1.54. The first-order valence-corrected chi connectivity index (χ1v) is 5.13. The van der Waals surface area contributed by atoms with Gasteiger partial charge >= 0.3 is 0 Å². The van der Waals surface area contributed by atoms with Gasteiger partial charge in [-0.1, -0.05) is 12.1 Å². The maximum absolute atomic E-state index is 13.1. The Hall–Kier alpha value is -1.64. The van der Waals surface area contributed by atoms with Gasteiger partial charge in [-0.3, -0.25) is 0 Å². The zero-order valence-corrected chi connectivity index (χ0v) is 8.23. The summed E-state index contributed by atoms with van der Waals surface area (Å²) in [6.07, 6.45) is 6.16. The number of hydrogen-bond acceptors (Lipinski definition) is 1. The van der Waals surface area contributed by atoms with Gasteiger partial charge in [-0.15, -0.1) is 0 Å². The van der Waals surface area contributed by atoms with E-state index in [1.807, 2.05) is 12.3 Å². The highest BCUT2D eigenvalue weighted by Crippen LogP contribution is 2.37. The lowest BCUT2D eigenvalue weighted by Gasteiger charge is -2.05. The van der Waals surface area contributed by atoms with Crippen LogP contribution in [0.3, 0.4) is 0 Å². The van der Waals surface area contributed by atoms with Gasteiger partial charge in [-0.05, 0) is 25.0 Å². The van der Waals surface area contributed by atoms with Crippen LogP contribution in [0.25, 0.3) is 11.4 Å². The molecule has 0 aliphatic heterocycles. The van der Waals surface area contributed by atoms with Gasteiger partial charge in [0.15, 0.2) is 0 Å². The lowest BCUT2D eigenvalue weighted by Crippen LogP contribution is -1.95. The van der Waals surface area contributed by atoms with Gasteiger partial charge in [-0.2, -0.15) is 0 Å². The predicted molar refractivity (Wildman–Crippen MR) is 55.9 cm³/mol. The summed E-state index contributed by atoms with van der Waals surface area (Å²) in [5.74, 6) is 0.662. The van der Waals surface area contributed by atoms with Crippen LogP contribution in [0, 0.1) is 5.82 Å². The molecule has 0 N–H and O–H groups in total. The highest BCUT2D eigenvalue weighted by atomic mass is 19.1. The average Bonchev–Trinajstić information content (AvgIpc) is 2.96. The summed E-state index contributed by atoms with van der Waals surface area (Å²) in [6.45, 7) is 0. The summed E-state index contributed by atoms with van der Waals surface area (Å²) in [4.78, 5) is 4.29. The van der Waals surface area contributed by atoms with Crippen molar-refractivity contribution in [2.24, 2.45) is 0 Å². The summed E-state index contributed by atoms with van der Waals surface area (Å²) < 4.78 is 15.2. The Labute approximate surface area is 87.4 Å². The van der Waals surface area contributed by atoms with Crippen LogP contribution in [0.2, 0.25) is 0 Å². The van der Waals surface area contributed by atoms with Gasteiger partial charge in [0.05, 0.1) is 0 Å². The Morgan fingerprint density at radius 3 is 2.93 bits per heavy atom. The zero-order chi connectivity index (χ0) is 10.3. The van der Waals surface area contributed by atoms with Crippen molar-refractivity contribution < 1.29 is 4.39 Å². The number of rotatable bonds is 2. The van der Waals surface area contributed by atoms with Crippen LogP contribution in [0.4, 0.5) is 4.39 Å². The second-order valence-corrected chi connectivity index (χ2v) is 3.90. The van der Waals surface area contributed by atoms with E-state index in [0.29, 0.717) is 6.04 Å². The number of aromatic nitrogens is 2. The normalized spacial score (nSPS) is 15.5. The minimum atomic E-state index is -0.210. The van der Waals surface area contributed by atoms with Crippen molar-refractivity contribution >= 4 is 0 Å². The summed E-state index contributed by atoms with van der Waals surface area (Å²) in [6, 6.07) is 7.17. The van der Waals surface area contributed by atoms with E-state index >= 15 is 0 Å². The van der Waals surface area contributed by atoms with E-state index in [1.54, 1.807) is 12.3 Å². The van der Waals surface area contributed by atoms with E-state index in [4.69, 9.17) is 0 Å². The summed E-state index contributed by atoms with van der Waals surface area (Å²) in [5, 5.41) is 0. The highest BCUT2D eigenvalue weighted by molar-refractivity contribution is 5.55. The molecule has 1 aromatic heterocycles. The molecule has 3 heteroatoms. The molecule has 0 bridgehead atoms. The molecule has 1 saturated carbocycles. The smallest absolute Gasteiger partial charge is 0.140 e. The Balaban J connectivity index is 2.07. The molecule has 2 aromatic rings. The van der Waals surface area contributed by atoms with Crippen LogP contribution < -0.4 is 0 Å². The Kier molecular flexibility index (Phi) is 1.84. The molecule has 0 amide bonds. The van der Waals surface area contributed by atoms with Crippen molar-refractivity contribution in [1.82, 2.24) is 9.55 Å². The Morgan fingerprint density at radius 1 is 1.33 bits per heavy atom. The van der Waals surface area contributed by atoms with Crippen molar-refractivity contribution in [2.45, 2.75) is 18.9 Å². The predicted octanol–water partition coefficient (Wildman–Crippen LogP) is 3.02. The fraction of sp³-hybridized carbons (Fsp3) is 0.250. The zero-order valence-electron chi connectivity index (χ0n) is 8.23. The molecule has 0 spiro atoms. The lowest BCUT2D eigenvalue weighted by molar-refractivity contribution is 0.627. The molecule has 0 saturated heterocycles. The monoisotopic (exact) mass is 202 g/mol. The molecule has 0 unspecified atom stereocenters. The van der Waals surface area contributed by atoms with E-state index in [1.165, 1.54) is 25.0 Å². The molecule has 1 heterocycles. The van der Waals surface area contributed by atoms with Crippen LogP contribution >= 0.6 is 0 Å². The molecule has 1 aromatic carbocycles. The topological polar surface area (TPSA) is 17.8 Å². The van der Waals surface area contributed by atoms with Gasteiger partial charge in [0.2, 0.25) is 0 Å². The number of benzene rings is 1.